The molecule has 1 aromatic heterocycles. The fraction of sp³-hybridized carbons (Fsp3) is 0.467. The molecule has 0 saturated heterocycles. The normalized spacial score (nSPS) is 10.8. The minimum absolute atomic E-state index is 0.851. The van der Waals surface area contributed by atoms with Crippen LogP contribution in [0, 0.1) is 3.70 Å². The second-order valence-electron chi connectivity index (χ2n) is 4.75. The molecule has 20 heavy (non-hydrogen) atoms. The van der Waals surface area contributed by atoms with E-state index in [1.807, 2.05) is 28.9 Å². The van der Waals surface area contributed by atoms with Crippen molar-refractivity contribution in [1.29, 1.82) is 0 Å². The monoisotopic (exact) mass is 385 g/mol. The Hall–Kier alpha value is -1.11. The molecule has 0 N–H and O–H groups in total. The van der Waals surface area contributed by atoms with Crippen molar-refractivity contribution in [3.05, 3.63) is 33.7 Å². The van der Waals surface area contributed by atoms with Gasteiger partial charge in [0.25, 0.3) is 0 Å². The van der Waals surface area contributed by atoms with E-state index in [0.29, 0.717) is 0 Å². The predicted octanol–water partition coefficient (Wildman–Crippen LogP) is 4.00. The van der Waals surface area contributed by atoms with Gasteiger partial charge in [-0.3, -0.25) is 0 Å². The molecule has 0 bridgehead atoms. The number of benzene rings is 1. The molecule has 0 amide bonds. The van der Waals surface area contributed by atoms with Gasteiger partial charge in [-0.2, -0.15) is 0 Å². The van der Waals surface area contributed by atoms with Crippen LogP contribution in [0.25, 0.3) is 5.69 Å². The Morgan fingerprint density at radius 3 is 2.55 bits per heavy atom. The van der Waals surface area contributed by atoms with Crippen molar-refractivity contribution < 1.29 is 4.74 Å². The molecule has 0 spiro atoms. The van der Waals surface area contributed by atoms with Crippen molar-refractivity contribution in [2.24, 2.45) is 0 Å². The first-order valence-corrected chi connectivity index (χ1v) is 8.08. The third-order valence-corrected chi connectivity index (χ3v) is 4.34. The van der Waals surface area contributed by atoms with E-state index in [1.54, 1.807) is 7.11 Å². The standard InChI is InChI=1S/C15H20IN3O/c1-3-4-5-6-7-14-15(16)19(18-17-14)12-8-10-13(20-2)11-9-12/h8-11H,3-7H2,1-2H3. The van der Waals surface area contributed by atoms with Gasteiger partial charge in [-0.05, 0) is 59.7 Å². The Kier molecular flexibility index (Phi) is 5.82. The van der Waals surface area contributed by atoms with Gasteiger partial charge in [0.1, 0.15) is 9.45 Å². The molecule has 2 rings (SSSR count). The largest absolute Gasteiger partial charge is 0.497 e. The van der Waals surface area contributed by atoms with Gasteiger partial charge >= 0.3 is 0 Å². The third-order valence-electron chi connectivity index (χ3n) is 3.26. The lowest BCUT2D eigenvalue weighted by atomic mass is 10.1. The zero-order valence-electron chi connectivity index (χ0n) is 12.0. The van der Waals surface area contributed by atoms with E-state index in [9.17, 15) is 0 Å². The first-order chi connectivity index (χ1) is 9.76. The molecule has 0 fully saturated rings. The van der Waals surface area contributed by atoms with E-state index in [0.717, 1.165) is 27.3 Å². The fourth-order valence-corrected chi connectivity index (χ4v) is 2.81. The molecular weight excluding hydrogens is 365 g/mol. The van der Waals surface area contributed by atoms with Gasteiger partial charge in [0.15, 0.2) is 0 Å². The maximum absolute atomic E-state index is 5.17. The van der Waals surface area contributed by atoms with Crippen molar-refractivity contribution in [2.45, 2.75) is 39.0 Å². The van der Waals surface area contributed by atoms with E-state index < -0.39 is 0 Å². The summed E-state index contributed by atoms with van der Waals surface area (Å²) in [5.74, 6) is 0.851. The summed E-state index contributed by atoms with van der Waals surface area (Å²) in [7, 11) is 1.67. The van der Waals surface area contributed by atoms with Crippen molar-refractivity contribution in [2.75, 3.05) is 7.11 Å². The van der Waals surface area contributed by atoms with Crippen LogP contribution in [0.3, 0.4) is 0 Å². The Morgan fingerprint density at radius 1 is 1.15 bits per heavy atom. The topological polar surface area (TPSA) is 39.9 Å². The Bertz CT molecular complexity index is 537. The van der Waals surface area contributed by atoms with Crippen LogP contribution in [-0.2, 0) is 6.42 Å². The number of hydrogen-bond acceptors (Lipinski definition) is 3. The van der Waals surface area contributed by atoms with E-state index in [4.69, 9.17) is 4.74 Å². The molecule has 0 saturated carbocycles. The summed E-state index contributed by atoms with van der Waals surface area (Å²) in [6.45, 7) is 2.23. The Balaban J connectivity index is 2.07. The summed E-state index contributed by atoms with van der Waals surface area (Å²) < 4.78 is 8.15. The second-order valence-corrected chi connectivity index (χ2v) is 5.77. The van der Waals surface area contributed by atoms with Crippen molar-refractivity contribution in [3.8, 4) is 11.4 Å². The van der Waals surface area contributed by atoms with Crippen LogP contribution in [0.2, 0.25) is 0 Å². The highest BCUT2D eigenvalue weighted by molar-refractivity contribution is 14.1. The summed E-state index contributed by atoms with van der Waals surface area (Å²) in [5, 5.41) is 8.57. The summed E-state index contributed by atoms with van der Waals surface area (Å²) in [6, 6.07) is 7.87. The maximum atomic E-state index is 5.17. The molecule has 5 heteroatoms. The van der Waals surface area contributed by atoms with Gasteiger partial charge in [0.2, 0.25) is 0 Å². The predicted molar refractivity (Wildman–Crippen MR) is 88.5 cm³/mol. The Labute approximate surface area is 133 Å². The van der Waals surface area contributed by atoms with Gasteiger partial charge < -0.3 is 4.74 Å². The molecular formula is C15H20IN3O. The lowest BCUT2D eigenvalue weighted by Gasteiger charge is -2.04. The molecule has 108 valence electrons. The number of rotatable bonds is 7. The molecule has 1 aromatic carbocycles. The Morgan fingerprint density at radius 2 is 1.90 bits per heavy atom. The number of aromatic nitrogens is 3. The van der Waals surface area contributed by atoms with E-state index in [-0.39, 0.29) is 0 Å². The molecule has 1 heterocycles. The molecule has 0 aliphatic rings. The third kappa shape index (κ3) is 3.71. The number of methoxy groups -OCH3 is 1. The van der Waals surface area contributed by atoms with Crippen LogP contribution >= 0.6 is 22.6 Å². The quantitative estimate of drug-likeness (QED) is 0.534. The first-order valence-electron chi connectivity index (χ1n) is 7.00. The van der Waals surface area contributed by atoms with Crippen molar-refractivity contribution >= 4 is 22.6 Å². The van der Waals surface area contributed by atoms with Gasteiger partial charge in [-0.1, -0.05) is 31.4 Å². The molecule has 0 aliphatic carbocycles. The number of ether oxygens (including phenoxy) is 1. The summed E-state index contributed by atoms with van der Waals surface area (Å²) >= 11 is 2.33. The summed E-state index contributed by atoms with van der Waals surface area (Å²) in [5.41, 5.74) is 2.11. The van der Waals surface area contributed by atoms with Crippen molar-refractivity contribution in [3.63, 3.8) is 0 Å². The zero-order chi connectivity index (χ0) is 14.4. The van der Waals surface area contributed by atoms with Gasteiger partial charge in [0, 0.05) is 0 Å². The maximum Gasteiger partial charge on any atom is 0.128 e. The number of unbranched alkanes of at least 4 members (excludes halogenated alkanes) is 3. The lowest BCUT2D eigenvalue weighted by molar-refractivity contribution is 0.414. The van der Waals surface area contributed by atoms with Crippen molar-refractivity contribution in [1.82, 2.24) is 15.0 Å². The van der Waals surface area contributed by atoms with Crippen LogP contribution < -0.4 is 4.74 Å². The molecule has 0 atom stereocenters. The molecule has 0 aliphatic heterocycles. The summed E-state index contributed by atoms with van der Waals surface area (Å²) in [4.78, 5) is 0. The highest BCUT2D eigenvalue weighted by atomic mass is 127. The molecule has 2 aromatic rings. The first kappa shape index (κ1) is 15.3. The second kappa shape index (κ2) is 7.61. The number of aryl methyl sites for hydroxylation is 1. The van der Waals surface area contributed by atoms with E-state index in [2.05, 4.69) is 39.8 Å². The average molecular weight is 385 g/mol. The lowest BCUT2D eigenvalue weighted by Crippen LogP contribution is -1.99. The van der Waals surface area contributed by atoms with Crippen LogP contribution in [-0.4, -0.2) is 22.1 Å². The number of nitrogens with zero attached hydrogens (tertiary/aromatic N) is 3. The van der Waals surface area contributed by atoms with Crippen LogP contribution in [0.1, 0.15) is 38.3 Å². The highest BCUT2D eigenvalue weighted by Crippen LogP contribution is 2.19. The zero-order valence-corrected chi connectivity index (χ0v) is 14.1. The SMILES string of the molecule is CCCCCCc1nnn(-c2ccc(OC)cc2)c1I. The van der Waals surface area contributed by atoms with Crippen LogP contribution in [0.5, 0.6) is 5.75 Å². The molecule has 0 unspecified atom stereocenters. The molecule has 4 nitrogen and oxygen atoms in total. The van der Waals surface area contributed by atoms with E-state index in [1.165, 1.54) is 25.7 Å². The number of halogens is 1. The highest BCUT2D eigenvalue weighted by Gasteiger charge is 2.11. The average Bonchev–Trinajstić information content (AvgIpc) is 2.85. The van der Waals surface area contributed by atoms with E-state index >= 15 is 0 Å². The number of hydrogen-bond donors (Lipinski definition) is 0. The molecule has 0 radical (unpaired) electrons. The van der Waals surface area contributed by atoms with Crippen LogP contribution in [0.15, 0.2) is 24.3 Å². The smallest absolute Gasteiger partial charge is 0.128 e. The summed E-state index contributed by atoms with van der Waals surface area (Å²) in [6.07, 6.45) is 6.01. The van der Waals surface area contributed by atoms with Gasteiger partial charge in [0.05, 0.1) is 18.5 Å². The van der Waals surface area contributed by atoms with Gasteiger partial charge in [-0.25, -0.2) is 4.68 Å². The minimum Gasteiger partial charge on any atom is -0.497 e. The minimum atomic E-state index is 0.851. The fourth-order valence-electron chi connectivity index (χ4n) is 2.06. The van der Waals surface area contributed by atoms with Crippen LogP contribution in [0.4, 0.5) is 0 Å². The van der Waals surface area contributed by atoms with Gasteiger partial charge in [-0.15, -0.1) is 5.10 Å².